The summed E-state index contributed by atoms with van der Waals surface area (Å²) in [4.78, 5) is 21.3. The summed E-state index contributed by atoms with van der Waals surface area (Å²) >= 11 is 0. The maximum Gasteiger partial charge on any atom is 0.311 e. The molecule has 0 rings (SSSR count). The number of aliphatic carboxylic acids is 1. The number of esters is 1. The van der Waals surface area contributed by atoms with Gasteiger partial charge in [0.25, 0.3) is 0 Å². The summed E-state index contributed by atoms with van der Waals surface area (Å²) in [6.07, 6.45) is 14.1. The van der Waals surface area contributed by atoms with Crippen LogP contribution in [0.3, 0.4) is 0 Å². The van der Waals surface area contributed by atoms with Gasteiger partial charge >= 0.3 is 11.9 Å². The van der Waals surface area contributed by atoms with Crippen LogP contribution in [-0.2, 0) is 42.0 Å². The minimum absolute atomic E-state index is 0. The van der Waals surface area contributed by atoms with Crippen LogP contribution in [-0.4, -0.2) is 17.0 Å². The number of rotatable bonds is 13. The van der Waals surface area contributed by atoms with Crippen LogP contribution in [0.4, 0.5) is 0 Å². The Kier molecular flexibility index (Phi) is 19.3. The van der Waals surface area contributed by atoms with Gasteiger partial charge in [-0.3, -0.25) is 9.59 Å². The van der Waals surface area contributed by atoms with E-state index in [9.17, 15) is 9.59 Å². The number of carboxylic acid groups (broad SMARTS) is 1. The van der Waals surface area contributed by atoms with E-state index < -0.39 is 11.9 Å². The van der Waals surface area contributed by atoms with Crippen molar-refractivity contribution in [3.8, 4) is 0 Å². The molecule has 118 valence electrons. The van der Waals surface area contributed by atoms with Crippen LogP contribution in [0.15, 0.2) is 12.3 Å². The summed E-state index contributed by atoms with van der Waals surface area (Å²) in [5.41, 5.74) is 0. The summed E-state index contributed by atoms with van der Waals surface area (Å²) in [5, 5.41) is 8.40. The Morgan fingerprint density at radius 2 is 1.52 bits per heavy atom. The maximum absolute atomic E-state index is 11.1. The van der Waals surface area contributed by atoms with Gasteiger partial charge in [-0.25, -0.2) is 0 Å². The van der Waals surface area contributed by atoms with Crippen LogP contribution >= 0.6 is 0 Å². The van der Waals surface area contributed by atoms with Gasteiger partial charge in [-0.05, 0) is 18.9 Å². The van der Waals surface area contributed by atoms with Gasteiger partial charge in [0.2, 0.25) is 0 Å². The van der Waals surface area contributed by atoms with E-state index in [4.69, 9.17) is 9.84 Å². The van der Waals surface area contributed by atoms with Crippen LogP contribution in [0.25, 0.3) is 0 Å². The Bertz CT molecular complexity index is 290. The Balaban J connectivity index is 0. The molecular weight excluding hydrogens is 457 g/mol. The fraction of sp³-hybridized carbons (Fsp3) is 0.750. The first-order valence-electron chi connectivity index (χ1n) is 7.73. The Morgan fingerprint density at radius 3 is 2.10 bits per heavy atom. The van der Waals surface area contributed by atoms with Crippen LogP contribution in [0.2, 0.25) is 0 Å². The zero-order valence-corrected chi connectivity index (χ0v) is 18.8. The molecule has 0 unspecified atom stereocenters. The zero-order valence-electron chi connectivity index (χ0n) is 13.3. The molecule has 0 saturated heterocycles. The molecule has 0 fully saturated rings. The van der Waals surface area contributed by atoms with Crippen molar-refractivity contribution >= 4 is 11.9 Å². The smallest absolute Gasteiger partial charge is 0.311 e. The molecule has 0 saturated carbocycles. The van der Waals surface area contributed by atoms with Crippen molar-refractivity contribution in [3.63, 3.8) is 0 Å². The fourth-order valence-corrected chi connectivity index (χ4v) is 1.86. The second-order valence-corrected chi connectivity index (χ2v) is 5.02. The number of carbonyl (C=O) groups excluding carboxylic acids is 1. The largest absolute Gasteiger partial charge is 0.481 e. The second kappa shape index (κ2) is 17.7. The first-order chi connectivity index (χ1) is 9.66. The van der Waals surface area contributed by atoms with E-state index in [-0.39, 0.29) is 40.5 Å². The van der Waals surface area contributed by atoms with E-state index in [1.807, 2.05) is 6.08 Å². The number of hydrogen-bond donors (Lipinski definition) is 1. The molecule has 0 aliphatic rings. The van der Waals surface area contributed by atoms with Crippen LogP contribution < -0.4 is 0 Å². The number of carboxylic acids is 1. The molecule has 1 N–H and O–H groups in total. The van der Waals surface area contributed by atoms with Crippen molar-refractivity contribution in [1.82, 2.24) is 0 Å². The fourth-order valence-electron chi connectivity index (χ4n) is 1.86. The molecule has 4 nitrogen and oxygen atoms in total. The quantitative estimate of drug-likeness (QED) is 0.182. The predicted octanol–water partition coefficient (Wildman–Crippen LogP) is 4.44. The normalized spacial score (nSPS) is 10.3. The molecular formula is C16H28HgO4. The van der Waals surface area contributed by atoms with Crippen molar-refractivity contribution < 1.29 is 47.1 Å². The SMILES string of the molecule is CCCCCCCCCCC=COC(=O)CCC(=O)O.[Hg]. The van der Waals surface area contributed by atoms with E-state index in [1.54, 1.807) is 0 Å². The molecule has 0 heterocycles. The molecule has 0 aliphatic carbocycles. The summed E-state index contributed by atoms with van der Waals surface area (Å²) < 4.78 is 4.78. The Morgan fingerprint density at radius 1 is 0.952 bits per heavy atom. The average Bonchev–Trinajstić information content (AvgIpc) is 2.42. The summed E-state index contributed by atoms with van der Waals surface area (Å²) in [6, 6.07) is 0. The van der Waals surface area contributed by atoms with Gasteiger partial charge in [-0.1, -0.05) is 51.9 Å². The van der Waals surface area contributed by atoms with Crippen LogP contribution in [0, 0.1) is 0 Å². The standard InChI is InChI=1S/C16H28O4.Hg/c1-2-3-4-5-6-7-8-9-10-11-14-20-16(19)13-12-15(17)18;/h11,14H,2-10,12-13H2,1H3,(H,17,18);. The number of ether oxygens (including phenoxy) is 1. The molecule has 0 spiro atoms. The van der Waals surface area contributed by atoms with Gasteiger partial charge in [0, 0.05) is 27.7 Å². The molecule has 5 heteroatoms. The minimum atomic E-state index is -0.982. The van der Waals surface area contributed by atoms with Crippen molar-refractivity contribution in [2.24, 2.45) is 0 Å². The third kappa shape index (κ3) is 19.6. The molecule has 0 radical (unpaired) electrons. The third-order valence-corrected chi connectivity index (χ3v) is 3.06. The van der Waals surface area contributed by atoms with Gasteiger partial charge in [0.1, 0.15) is 0 Å². The van der Waals surface area contributed by atoms with E-state index in [1.165, 1.54) is 51.2 Å². The Hall–Kier alpha value is -0.385. The first kappa shape index (κ1) is 22.9. The monoisotopic (exact) mass is 486 g/mol. The van der Waals surface area contributed by atoms with Crippen molar-refractivity contribution in [1.29, 1.82) is 0 Å². The number of hydrogen-bond acceptors (Lipinski definition) is 3. The Labute approximate surface area is 148 Å². The maximum atomic E-state index is 11.1. The predicted molar refractivity (Wildman–Crippen MR) is 79.3 cm³/mol. The molecule has 0 bridgehead atoms. The molecule has 21 heavy (non-hydrogen) atoms. The van der Waals surface area contributed by atoms with Crippen LogP contribution in [0.1, 0.15) is 77.6 Å². The van der Waals surface area contributed by atoms with Gasteiger partial charge in [0.05, 0.1) is 19.1 Å². The molecule has 0 amide bonds. The van der Waals surface area contributed by atoms with E-state index in [0.29, 0.717) is 0 Å². The van der Waals surface area contributed by atoms with E-state index in [2.05, 4.69) is 6.92 Å². The summed E-state index contributed by atoms with van der Waals surface area (Å²) in [6.45, 7) is 2.22. The van der Waals surface area contributed by atoms with Crippen molar-refractivity contribution in [2.45, 2.75) is 77.6 Å². The van der Waals surface area contributed by atoms with E-state index in [0.717, 1.165) is 12.8 Å². The van der Waals surface area contributed by atoms with Crippen molar-refractivity contribution in [2.75, 3.05) is 0 Å². The number of allylic oxidation sites excluding steroid dienone is 1. The minimum Gasteiger partial charge on any atom is -0.481 e. The second-order valence-electron chi connectivity index (χ2n) is 5.02. The zero-order chi connectivity index (χ0) is 15.1. The van der Waals surface area contributed by atoms with Crippen molar-refractivity contribution in [3.05, 3.63) is 12.3 Å². The molecule has 0 aromatic heterocycles. The van der Waals surface area contributed by atoms with Gasteiger partial charge in [0.15, 0.2) is 0 Å². The average molecular weight is 485 g/mol. The van der Waals surface area contributed by atoms with Gasteiger partial charge < -0.3 is 9.84 Å². The number of unbranched alkanes of at least 4 members (excludes halogenated alkanes) is 8. The first-order valence-corrected chi connectivity index (χ1v) is 7.73. The molecule has 0 aromatic carbocycles. The number of carbonyl (C=O) groups is 2. The van der Waals surface area contributed by atoms with E-state index >= 15 is 0 Å². The van der Waals surface area contributed by atoms with Gasteiger partial charge in [-0.15, -0.1) is 0 Å². The summed E-state index contributed by atoms with van der Waals surface area (Å²) in [7, 11) is 0. The topological polar surface area (TPSA) is 63.6 Å². The third-order valence-electron chi connectivity index (χ3n) is 3.06. The molecule has 0 atom stereocenters. The molecule has 0 aromatic rings. The van der Waals surface area contributed by atoms with Crippen LogP contribution in [0.5, 0.6) is 0 Å². The summed E-state index contributed by atoms with van der Waals surface area (Å²) in [5.74, 6) is -1.47. The van der Waals surface area contributed by atoms with Gasteiger partial charge in [-0.2, -0.15) is 0 Å². The molecule has 0 aliphatic heterocycles.